The van der Waals surface area contributed by atoms with E-state index in [-0.39, 0.29) is 0 Å². The van der Waals surface area contributed by atoms with Crippen LogP contribution in [0.3, 0.4) is 0 Å². The first-order valence-corrected chi connectivity index (χ1v) is 4.45. The van der Waals surface area contributed by atoms with Gasteiger partial charge in [-0.1, -0.05) is 0 Å². The van der Waals surface area contributed by atoms with Crippen molar-refractivity contribution in [2.24, 2.45) is 0 Å². The second kappa shape index (κ2) is 4.52. The Hall–Kier alpha value is -0.570. The lowest BCUT2D eigenvalue weighted by atomic mass is 9.91. The van der Waals surface area contributed by atoms with Gasteiger partial charge in [0.25, 0.3) is 0 Å². The molecule has 0 radical (unpaired) electrons. The van der Waals surface area contributed by atoms with Crippen LogP contribution in [0.25, 0.3) is 0 Å². The number of aliphatic hydroxyl groups excluding tert-OH is 4. The topological polar surface area (TPSA) is 127 Å². The Labute approximate surface area is 85.5 Å². The van der Waals surface area contributed by atoms with E-state index >= 15 is 0 Å². The van der Waals surface area contributed by atoms with E-state index in [9.17, 15) is 25.2 Å². The molecular weight excluding hydrogens is 208 g/mol. The minimum absolute atomic E-state index is 0.308. The first-order chi connectivity index (χ1) is 6.96. The van der Waals surface area contributed by atoms with Crippen LogP contribution < -0.4 is 0 Å². The van der Waals surface area contributed by atoms with Crippen LogP contribution in [0, 0.1) is 0 Å². The van der Waals surface area contributed by atoms with E-state index in [4.69, 9.17) is 9.84 Å². The lowest BCUT2D eigenvalue weighted by Gasteiger charge is -2.44. The Bertz CT molecular complexity index is 231. The van der Waals surface area contributed by atoms with Gasteiger partial charge in [-0.15, -0.1) is 0 Å². The number of hydrogen-bond acceptors (Lipinski definition) is 7. The zero-order valence-electron chi connectivity index (χ0n) is 7.85. The molecule has 0 aromatic heterocycles. The quantitative estimate of drug-likeness (QED) is 0.317. The highest BCUT2D eigenvalue weighted by molar-refractivity contribution is 5.51. The number of aldehydes is 1. The number of carbonyl (C=O) groups is 1. The molecule has 0 amide bonds. The molecule has 5 atom stereocenters. The Morgan fingerprint density at radius 1 is 1.27 bits per heavy atom. The van der Waals surface area contributed by atoms with Crippen LogP contribution in [-0.2, 0) is 9.53 Å². The van der Waals surface area contributed by atoms with Crippen molar-refractivity contribution in [1.82, 2.24) is 0 Å². The van der Waals surface area contributed by atoms with E-state index in [0.29, 0.717) is 6.29 Å². The highest BCUT2D eigenvalue weighted by atomic mass is 16.7. The minimum Gasteiger partial charge on any atom is -0.394 e. The molecule has 1 aliphatic heterocycles. The summed E-state index contributed by atoms with van der Waals surface area (Å²) in [6, 6.07) is 0. The molecule has 0 aromatic carbocycles. The maximum Gasteiger partial charge on any atom is 0.201 e. The number of hydrogen-bond donors (Lipinski definition) is 5. The van der Waals surface area contributed by atoms with E-state index in [1.807, 2.05) is 0 Å². The van der Waals surface area contributed by atoms with E-state index in [1.54, 1.807) is 0 Å². The summed E-state index contributed by atoms with van der Waals surface area (Å²) >= 11 is 0. The average molecular weight is 222 g/mol. The summed E-state index contributed by atoms with van der Waals surface area (Å²) in [5.41, 5.74) is 0. The van der Waals surface area contributed by atoms with Gasteiger partial charge in [0.1, 0.15) is 30.7 Å². The van der Waals surface area contributed by atoms with Gasteiger partial charge in [-0.25, -0.2) is 0 Å². The van der Waals surface area contributed by atoms with Crippen LogP contribution in [0.15, 0.2) is 0 Å². The molecule has 1 aliphatic rings. The predicted octanol–water partition coefficient (Wildman–Crippen LogP) is -3.26. The third-order valence-electron chi connectivity index (χ3n) is 2.43. The minimum atomic E-state index is -2.27. The van der Waals surface area contributed by atoms with E-state index in [2.05, 4.69) is 0 Å². The molecule has 1 fully saturated rings. The molecule has 1 heterocycles. The van der Waals surface area contributed by atoms with Crippen molar-refractivity contribution in [2.75, 3.05) is 6.61 Å². The lowest BCUT2D eigenvalue weighted by Crippen LogP contribution is -2.65. The van der Waals surface area contributed by atoms with Crippen molar-refractivity contribution in [3.63, 3.8) is 0 Å². The van der Waals surface area contributed by atoms with E-state index < -0.39 is 43.2 Å². The highest BCUT2D eigenvalue weighted by Crippen LogP contribution is 2.29. The highest BCUT2D eigenvalue weighted by Gasteiger charge is 2.52. The van der Waals surface area contributed by atoms with Crippen molar-refractivity contribution in [1.29, 1.82) is 0 Å². The van der Waals surface area contributed by atoms with Crippen molar-refractivity contribution in [3.05, 3.63) is 0 Å². The number of aliphatic hydroxyl groups is 5. The fourth-order valence-corrected chi connectivity index (χ4v) is 1.51. The molecular formula is C8H14O7. The normalized spacial score (nSPS) is 46.5. The van der Waals surface area contributed by atoms with Gasteiger partial charge in [0.15, 0.2) is 0 Å². The molecule has 5 N–H and O–H groups in total. The van der Waals surface area contributed by atoms with Gasteiger partial charge in [0.2, 0.25) is 5.79 Å². The van der Waals surface area contributed by atoms with Crippen LogP contribution in [-0.4, -0.2) is 68.6 Å². The zero-order valence-corrected chi connectivity index (χ0v) is 7.85. The molecule has 1 rings (SSSR count). The van der Waals surface area contributed by atoms with Crippen molar-refractivity contribution in [2.45, 2.75) is 36.6 Å². The SMILES string of the molecule is O=CC[C@@]1(O)O[C@H](CO)[C@@H](O)[C@H](O)[C@@H]1O. The number of rotatable bonds is 3. The van der Waals surface area contributed by atoms with Crippen LogP contribution in [0.2, 0.25) is 0 Å². The molecule has 7 heteroatoms. The summed E-state index contributed by atoms with van der Waals surface area (Å²) in [6.45, 7) is -0.647. The molecule has 0 unspecified atom stereocenters. The summed E-state index contributed by atoms with van der Waals surface area (Å²) in [5, 5.41) is 46.5. The molecule has 15 heavy (non-hydrogen) atoms. The van der Waals surface area contributed by atoms with Gasteiger partial charge < -0.3 is 35.1 Å². The Kier molecular flexibility index (Phi) is 3.77. The third-order valence-corrected chi connectivity index (χ3v) is 2.43. The largest absolute Gasteiger partial charge is 0.394 e. The molecule has 0 aliphatic carbocycles. The summed E-state index contributed by atoms with van der Waals surface area (Å²) in [5.74, 6) is -2.27. The smallest absolute Gasteiger partial charge is 0.201 e. The molecule has 0 spiro atoms. The first-order valence-electron chi connectivity index (χ1n) is 4.45. The van der Waals surface area contributed by atoms with Crippen molar-refractivity contribution in [3.8, 4) is 0 Å². The monoisotopic (exact) mass is 222 g/mol. The van der Waals surface area contributed by atoms with Gasteiger partial charge in [0, 0.05) is 0 Å². The lowest BCUT2D eigenvalue weighted by molar-refractivity contribution is -0.347. The maximum absolute atomic E-state index is 10.2. The first kappa shape index (κ1) is 12.5. The van der Waals surface area contributed by atoms with E-state index in [0.717, 1.165) is 0 Å². The summed E-state index contributed by atoms with van der Waals surface area (Å²) in [6.07, 6.45) is -6.50. The van der Waals surface area contributed by atoms with Crippen molar-refractivity contribution >= 4 is 6.29 Å². The molecule has 7 nitrogen and oxygen atoms in total. The third kappa shape index (κ3) is 2.17. The van der Waals surface area contributed by atoms with Gasteiger partial charge in [-0.2, -0.15) is 0 Å². The standard InChI is InChI=1S/C8H14O7/c9-2-1-8(14)7(13)6(12)5(11)4(3-10)15-8/h2,4-7,10-14H,1,3H2/t4-,5-,6+,7+,8-/m1/s1. The number of carbonyl (C=O) groups excluding carboxylic acids is 1. The molecule has 0 saturated carbocycles. The Morgan fingerprint density at radius 2 is 1.87 bits per heavy atom. The van der Waals surface area contributed by atoms with Crippen LogP contribution in [0.4, 0.5) is 0 Å². The zero-order chi connectivity index (χ0) is 11.6. The fraction of sp³-hybridized carbons (Fsp3) is 0.875. The maximum atomic E-state index is 10.2. The summed E-state index contributed by atoms with van der Waals surface area (Å²) < 4.78 is 4.77. The fourth-order valence-electron chi connectivity index (χ4n) is 1.51. The number of ether oxygens (including phenoxy) is 1. The predicted molar refractivity (Wildman–Crippen MR) is 45.6 cm³/mol. The molecule has 1 saturated heterocycles. The van der Waals surface area contributed by atoms with Crippen molar-refractivity contribution < 1.29 is 35.1 Å². The second-order valence-electron chi connectivity index (χ2n) is 3.48. The molecule has 0 aromatic rings. The van der Waals surface area contributed by atoms with Crippen LogP contribution >= 0.6 is 0 Å². The molecule has 0 bridgehead atoms. The van der Waals surface area contributed by atoms with E-state index in [1.165, 1.54) is 0 Å². The van der Waals surface area contributed by atoms with Gasteiger partial charge in [-0.3, -0.25) is 0 Å². The van der Waals surface area contributed by atoms with Gasteiger partial charge in [0.05, 0.1) is 13.0 Å². The Morgan fingerprint density at radius 3 is 2.33 bits per heavy atom. The summed E-state index contributed by atoms with van der Waals surface area (Å²) in [7, 11) is 0. The summed E-state index contributed by atoms with van der Waals surface area (Å²) in [4.78, 5) is 10.2. The Balaban J connectivity index is 2.86. The average Bonchev–Trinajstić information content (AvgIpc) is 2.21. The van der Waals surface area contributed by atoms with Gasteiger partial charge in [-0.05, 0) is 0 Å². The van der Waals surface area contributed by atoms with Crippen LogP contribution in [0.1, 0.15) is 6.42 Å². The molecule has 88 valence electrons. The second-order valence-corrected chi connectivity index (χ2v) is 3.48. The van der Waals surface area contributed by atoms with Crippen LogP contribution in [0.5, 0.6) is 0 Å². The van der Waals surface area contributed by atoms with Gasteiger partial charge >= 0.3 is 0 Å².